The lowest BCUT2D eigenvalue weighted by Gasteiger charge is -2.26. The van der Waals surface area contributed by atoms with Gasteiger partial charge in [0.05, 0.1) is 18.1 Å². The second-order valence-electron chi connectivity index (χ2n) is 6.93. The van der Waals surface area contributed by atoms with Crippen molar-refractivity contribution in [2.45, 2.75) is 4.90 Å². The number of hydrogen-bond donors (Lipinski definition) is 1. The fourth-order valence-corrected chi connectivity index (χ4v) is 4.80. The van der Waals surface area contributed by atoms with Crippen LogP contribution in [0.15, 0.2) is 77.7 Å². The molecule has 1 fully saturated rings. The van der Waals surface area contributed by atoms with E-state index in [2.05, 4.69) is 5.32 Å². The number of sulfonamides is 1. The van der Waals surface area contributed by atoms with E-state index in [-0.39, 0.29) is 10.8 Å². The molecule has 6 nitrogen and oxygen atoms in total. The summed E-state index contributed by atoms with van der Waals surface area (Å²) in [4.78, 5) is 12.5. The normalized spacial score (nSPS) is 15.5. The molecule has 1 heterocycles. The molecule has 154 valence electrons. The molecule has 0 saturated carbocycles. The Bertz CT molecular complexity index is 1180. The molecule has 0 bridgehead atoms. The Labute approximate surface area is 175 Å². The third kappa shape index (κ3) is 4.43. The van der Waals surface area contributed by atoms with Crippen LogP contribution in [0.25, 0.3) is 16.8 Å². The SMILES string of the molecule is O=C(/C=C/c1cccc2ccccc12)Nc1ccc(S(=O)(=O)N2CCOCC2)cc1. The summed E-state index contributed by atoms with van der Waals surface area (Å²) in [6, 6.07) is 20.1. The number of ether oxygens (including phenoxy) is 1. The van der Waals surface area contributed by atoms with Gasteiger partial charge in [0, 0.05) is 24.9 Å². The molecule has 4 rings (SSSR count). The minimum atomic E-state index is -3.55. The number of carbonyl (C=O) groups excluding carboxylic acids is 1. The molecule has 3 aromatic rings. The van der Waals surface area contributed by atoms with E-state index < -0.39 is 10.0 Å². The summed E-state index contributed by atoms with van der Waals surface area (Å²) in [5.41, 5.74) is 1.48. The standard InChI is InChI=1S/C23H22N2O4S/c26-23(13-8-19-6-3-5-18-4-1-2-7-22(18)19)24-20-9-11-21(12-10-20)30(27,28)25-14-16-29-17-15-25/h1-13H,14-17H2,(H,24,26)/b13-8+. The summed E-state index contributed by atoms with van der Waals surface area (Å²) in [6.07, 6.45) is 3.25. The average Bonchev–Trinajstić information content (AvgIpc) is 2.78. The number of morpholine rings is 1. The molecular weight excluding hydrogens is 400 g/mol. The maximum absolute atomic E-state index is 12.7. The van der Waals surface area contributed by atoms with Gasteiger partial charge in [-0.15, -0.1) is 0 Å². The molecule has 1 saturated heterocycles. The number of nitrogens with one attached hydrogen (secondary N) is 1. The van der Waals surface area contributed by atoms with Gasteiger partial charge < -0.3 is 10.1 Å². The first-order valence-electron chi connectivity index (χ1n) is 9.69. The predicted molar refractivity (Wildman–Crippen MR) is 118 cm³/mol. The van der Waals surface area contributed by atoms with Crippen LogP contribution in [0, 0.1) is 0 Å². The molecule has 1 aliphatic rings. The van der Waals surface area contributed by atoms with Gasteiger partial charge in [-0.05, 0) is 46.7 Å². The molecule has 3 aromatic carbocycles. The summed E-state index contributed by atoms with van der Waals surface area (Å²) >= 11 is 0. The lowest BCUT2D eigenvalue weighted by molar-refractivity contribution is -0.111. The van der Waals surface area contributed by atoms with Gasteiger partial charge in [0.1, 0.15) is 0 Å². The molecule has 0 radical (unpaired) electrons. The fraction of sp³-hybridized carbons (Fsp3) is 0.174. The number of benzene rings is 3. The van der Waals surface area contributed by atoms with Gasteiger partial charge in [0.2, 0.25) is 15.9 Å². The van der Waals surface area contributed by atoms with Gasteiger partial charge >= 0.3 is 0 Å². The van der Waals surface area contributed by atoms with Crippen molar-refractivity contribution in [1.82, 2.24) is 4.31 Å². The van der Waals surface area contributed by atoms with Crippen LogP contribution < -0.4 is 5.32 Å². The van der Waals surface area contributed by atoms with Crippen LogP contribution in [0.1, 0.15) is 5.56 Å². The lowest BCUT2D eigenvalue weighted by Crippen LogP contribution is -2.40. The van der Waals surface area contributed by atoms with Gasteiger partial charge in [0.15, 0.2) is 0 Å². The zero-order valence-electron chi connectivity index (χ0n) is 16.3. The first-order chi connectivity index (χ1) is 14.5. The number of rotatable bonds is 5. The quantitative estimate of drug-likeness (QED) is 0.639. The van der Waals surface area contributed by atoms with E-state index in [0.29, 0.717) is 32.0 Å². The number of fused-ring (bicyclic) bond motifs is 1. The highest BCUT2D eigenvalue weighted by Gasteiger charge is 2.26. The Morgan fingerprint density at radius 1 is 0.933 bits per heavy atom. The van der Waals surface area contributed by atoms with Crippen LogP contribution in [0.2, 0.25) is 0 Å². The Kier molecular flexibility index (Phi) is 5.94. The molecule has 0 unspecified atom stereocenters. The van der Waals surface area contributed by atoms with E-state index in [9.17, 15) is 13.2 Å². The highest BCUT2D eigenvalue weighted by Crippen LogP contribution is 2.21. The van der Waals surface area contributed by atoms with Gasteiger partial charge in [-0.25, -0.2) is 8.42 Å². The minimum absolute atomic E-state index is 0.202. The van der Waals surface area contributed by atoms with Crippen LogP contribution in [0.3, 0.4) is 0 Å². The summed E-state index contributed by atoms with van der Waals surface area (Å²) < 4.78 is 31.9. The second kappa shape index (κ2) is 8.79. The van der Waals surface area contributed by atoms with Gasteiger partial charge in [-0.2, -0.15) is 4.31 Å². The van der Waals surface area contributed by atoms with E-state index in [1.807, 2.05) is 42.5 Å². The topological polar surface area (TPSA) is 75.7 Å². The Balaban J connectivity index is 1.44. The summed E-state index contributed by atoms with van der Waals surface area (Å²) in [6.45, 7) is 1.49. The third-order valence-corrected chi connectivity index (χ3v) is 6.88. The number of anilines is 1. The van der Waals surface area contributed by atoms with E-state index >= 15 is 0 Å². The summed E-state index contributed by atoms with van der Waals surface area (Å²) in [5.74, 6) is -0.285. The number of hydrogen-bond acceptors (Lipinski definition) is 4. The highest BCUT2D eigenvalue weighted by molar-refractivity contribution is 7.89. The molecule has 1 aliphatic heterocycles. The molecule has 0 spiro atoms. The van der Waals surface area contributed by atoms with Crippen molar-refractivity contribution in [3.8, 4) is 0 Å². The minimum Gasteiger partial charge on any atom is -0.379 e. The fourth-order valence-electron chi connectivity index (χ4n) is 3.39. The van der Waals surface area contributed by atoms with E-state index in [1.54, 1.807) is 18.2 Å². The van der Waals surface area contributed by atoms with Crippen LogP contribution in [0.5, 0.6) is 0 Å². The molecule has 7 heteroatoms. The average molecular weight is 423 g/mol. The van der Waals surface area contributed by atoms with Crippen molar-refractivity contribution < 1.29 is 17.9 Å². The van der Waals surface area contributed by atoms with E-state index in [1.165, 1.54) is 22.5 Å². The Hall–Kier alpha value is -3.00. The molecule has 30 heavy (non-hydrogen) atoms. The van der Waals surface area contributed by atoms with E-state index in [4.69, 9.17) is 4.74 Å². The molecule has 0 atom stereocenters. The van der Waals surface area contributed by atoms with Crippen molar-refractivity contribution in [3.63, 3.8) is 0 Å². The zero-order valence-corrected chi connectivity index (χ0v) is 17.1. The molecular formula is C23H22N2O4S. The van der Waals surface area contributed by atoms with Crippen molar-refractivity contribution in [1.29, 1.82) is 0 Å². The largest absolute Gasteiger partial charge is 0.379 e. The maximum Gasteiger partial charge on any atom is 0.248 e. The number of amides is 1. The van der Waals surface area contributed by atoms with Crippen LogP contribution in [-0.2, 0) is 19.6 Å². The van der Waals surface area contributed by atoms with Gasteiger partial charge in [-0.3, -0.25) is 4.79 Å². The van der Waals surface area contributed by atoms with Crippen LogP contribution in [-0.4, -0.2) is 44.9 Å². The van der Waals surface area contributed by atoms with Crippen molar-refractivity contribution in [3.05, 3.63) is 78.4 Å². The molecule has 0 aliphatic carbocycles. The molecule has 0 aromatic heterocycles. The first kappa shape index (κ1) is 20.3. The predicted octanol–water partition coefficient (Wildman–Crippen LogP) is 3.51. The summed E-state index contributed by atoms with van der Waals surface area (Å²) in [5, 5.41) is 4.94. The smallest absolute Gasteiger partial charge is 0.248 e. The highest BCUT2D eigenvalue weighted by atomic mass is 32.2. The molecule has 1 N–H and O–H groups in total. The summed E-state index contributed by atoms with van der Waals surface area (Å²) in [7, 11) is -3.55. The lowest BCUT2D eigenvalue weighted by atomic mass is 10.0. The maximum atomic E-state index is 12.7. The number of carbonyl (C=O) groups is 1. The zero-order chi connectivity index (χ0) is 21.0. The van der Waals surface area contributed by atoms with Crippen LogP contribution >= 0.6 is 0 Å². The monoisotopic (exact) mass is 422 g/mol. The Morgan fingerprint density at radius 3 is 2.40 bits per heavy atom. The molecule has 1 amide bonds. The van der Waals surface area contributed by atoms with Crippen molar-refractivity contribution >= 4 is 38.5 Å². The third-order valence-electron chi connectivity index (χ3n) is 4.97. The van der Waals surface area contributed by atoms with Crippen molar-refractivity contribution in [2.24, 2.45) is 0 Å². The van der Waals surface area contributed by atoms with Crippen LogP contribution in [0.4, 0.5) is 5.69 Å². The Morgan fingerprint density at radius 2 is 1.63 bits per heavy atom. The second-order valence-corrected chi connectivity index (χ2v) is 8.87. The number of nitrogens with zero attached hydrogens (tertiary/aromatic N) is 1. The van der Waals surface area contributed by atoms with E-state index in [0.717, 1.165) is 16.3 Å². The van der Waals surface area contributed by atoms with Crippen molar-refractivity contribution in [2.75, 3.05) is 31.6 Å². The van der Waals surface area contributed by atoms with Gasteiger partial charge in [-0.1, -0.05) is 42.5 Å². The first-order valence-corrected chi connectivity index (χ1v) is 11.1. The van der Waals surface area contributed by atoms with Gasteiger partial charge in [0.25, 0.3) is 0 Å².